The van der Waals surface area contributed by atoms with Gasteiger partial charge < -0.3 is 11.5 Å². The minimum absolute atomic E-state index is 0.0281. The Morgan fingerprint density at radius 3 is 2.27 bits per heavy atom. The van der Waals surface area contributed by atoms with Gasteiger partial charge in [0.15, 0.2) is 0 Å². The second-order valence-electron chi connectivity index (χ2n) is 2.61. The number of carbonyl (C=O) groups is 1. The molecule has 4 N–H and O–H groups in total. The van der Waals surface area contributed by atoms with E-state index in [9.17, 15) is 9.00 Å². The normalized spacial score (nSPS) is 16.4. The number of hydrogen-bond acceptors (Lipinski definition) is 3. The Kier molecular flexibility index (Phi) is 4.29. The summed E-state index contributed by atoms with van der Waals surface area (Å²) in [6.45, 7) is 3.62. The van der Waals surface area contributed by atoms with Crippen molar-refractivity contribution in [1.29, 1.82) is 0 Å². The maximum absolute atomic E-state index is 11.1. The van der Waals surface area contributed by atoms with E-state index in [1.807, 2.05) is 13.8 Å². The van der Waals surface area contributed by atoms with E-state index in [2.05, 4.69) is 0 Å². The van der Waals surface area contributed by atoms with Crippen LogP contribution in [0.2, 0.25) is 0 Å². The van der Waals surface area contributed by atoms with Crippen molar-refractivity contribution in [3.63, 3.8) is 0 Å². The fourth-order valence-corrected chi connectivity index (χ4v) is 1.35. The molecule has 11 heavy (non-hydrogen) atoms. The van der Waals surface area contributed by atoms with Crippen molar-refractivity contribution in [2.45, 2.75) is 25.1 Å². The van der Waals surface area contributed by atoms with Gasteiger partial charge in [-0.2, -0.15) is 0 Å². The molecule has 2 unspecified atom stereocenters. The van der Waals surface area contributed by atoms with Crippen molar-refractivity contribution in [2.24, 2.45) is 11.5 Å². The predicted molar refractivity (Wildman–Crippen MR) is 45.3 cm³/mol. The Morgan fingerprint density at radius 2 is 2.00 bits per heavy atom. The molecule has 0 heterocycles. The Labute approximate surface area is 68.8 Å². The molecule has 0 fully saturated rings. The van der Waals surface area contributed by atoms with Crippen LogP contribution in [0, 0.1) is 0 Å². The van der Waals surface area contributed by atoms with Crippen molar-refractivity contribution in [1.82, 2.24) is 0 Å². The van der Waals surface area contributed by atoms with Gasteiger partial charge >= 0.3 is 0 Å². The summed E-state index contributed by atoms with van der Waals surface area (Å²) in [5.74, 6) is -0.438. The Balaban J connectivity index is 3.85. The smallest absolute Gasteiger partial charge is 0.235 e. The first-order chi connectivity index (χ1) is 4.95. The van der Waals surface area contributed by atoms with Gasteiger partial charge in [-0.05, 0) is 0 Å². The molecule has 0 rings (SSSR count). The van der Waals surface area contributed by atoms with Crippen LogP contribution in [0.1, 0.15) is 13.8 Å². The highest BCUT2D eigenvalue weighted by Crippen LogP contribution is 1.95. The third-order valence-electron chi connectivity index (χ3n) is 1.24. The predicted octanol–water partition coefficient (Wildman–Crippen LogP) is -1.04. The Bertz CT molecular complexity index is 170. The molecule has 0 saturated heterocycles. The fourth-order valence-electron chi connectivity index (χ4n) is 0.452. The van der Waals surface area contributed by atoms with Crippen molar-refractivity contribution in [3.8, 4) is 0 Å². The lowest BCUT2D eigenvalue weighted by Gasteiger charge is -2.08. The van der Waals surface area contributed by atoms with E-state index in [-0.39, 0.29) is 11.0 Å². The fraction of sp³-hybridized carbons (Fsp3) is 0.833. The highest BCUT2D eigenvalue weighted by atomic mass is 32.2. The number of primary amides is 1. The van der Waals surface area contributed by atoms with Crippen LogP contribution in [0.15, 0.2) is 0 Å². The molecule has 66 valence electrons. The van der Waals surface area contributed by atoms with Gasteiger partial charge in [0.05, 0.1) is 6.04 Å². The second-order valence-corrected chi connectivity index (χ2v) is 4.64. The van der Waals surface area contributed by atoms with Gasteiger partial charge in [0, 0.05) is 21.8 Å². The van der Waals surface area contributed by atoms with Crippen molar-refractivity contribution in [2.75, 3.05) is 5.75 Å². The number of carbonyl (C=O) groups excluding carboxylic acids is 1. The topological polar surface area (TPSA) is 86.2 Å². The molecule has 0 aromatic carbocycles. The molecule has 0 saturated carbocycles. The summed E-state index contributed by atoms with van der Waals surface area (Å²) >= 11 is 0. The Morgan fingerprint density at radius 1 is 1.55 bits per heavy atom. The van der Waals surface area contributed by atoms with E-state index in [0.717, 1.165) is 0 Å². The summed E-state index contributed by atoms with van der Waals surface area (Å²) < 4.78 is 11.1. The molecular weight excluding hydrogens is 164 g/mol. The Hall–Kier alpha value is -0.420. The summed E-state index contributed by atoms with van der Waals surface area (Å²) in [4.78, 5) is 10.4. The van der Waals surface area contributed by atoms with Gasteiger partial charge in [-0.25, -0.2) is 0 Å². The molecule has 2 atom stereocenters. The zero-order valence-electron chi connectivity index (χ0n) is 6.74. The first kappa shape index (κ1) is 10.6. The van der Waals surface area contributed by atoms with Crippen LogP contribution < -0.4 is 11.5 Å². The number of nitrogens with two attached hydrogens (primary N) is 2. The quantitative estimate of drug-likeness (QED) is 0.576. The molecule has 0 spiro atoms. The lowest BCUT2D eigenvalue weighted by molar-refractivity contribution is -0.118. The zero-order chi connectivity index (χ0) is 9.02. The number of hydrogen-bond donors (Lipinski definition) is 2. The van der Waals surface area contributed by atoms with E-state index in [1.165, 1.54) is 0 Å². The van der Waals surface area contributed by atoms with Gasteiger partial charge in [-0.1, -0.05) is 13.8 Å². The van der Waals surface area contributed by atoms with E-state index >= 15 is 0 Å². The summed E-state index contributed by atoms with van der Waals surface area (Å²) in [5, 5.41) is 0.0281. The average Bonchev–Trinajstić information content (AvgIpc) is 1.87. The SMILES string of the molecule is CC(C)S(=O)CC(N)C(N)=O. The molecule has 0 radical (unpaired) electrons. The molecule has 0 aromatic heterocycles. The van der Waals surface area contributed by atoms with Gasteiger partial charge in [0.2, 0.25) is 5.91 Å². The molecule has 4 nitrogen and oxygen atoms in total. The maximum Gasteiger partial charge on any atom is 0.235 e. The molecule has 1 amide bonds. The molecule has 0 aliphatic carbocycles. The number of amides is 1. The van der Waals surface area contributed by atoms with Crippen LogP contribution in [-0.2, 0) is 15.6 Å². The number of rotatable bonds is 4. The van der Waals surface area contributed by atoms with E-state index in [1.54, 1.807) is 0 Å². The van der Waals surface area contributed by atoms with E-state index in [4.69, 9.17) is 11.5 Å². The minimum atomic E-state index is -1.05. The average molecular weight is 178 g/mol. The zero-order valence-corrected chi connectivity index (χ0v) is 7.56. The first-order valence-corrected chi connectivity index (χ1v) is 4.75. The van der Waals surface area contributed by atoms with Crippen LogP contribution in [0.25, 0.3) is 0 Å². The van der Waals surface area contributed by atoms with Crippen LogP contribution in [0.5, 0.6) is 0 Å². The first-order valence-electron chi connectivity index (χ1n) is 3.37. The maximum atomic E-state index is 11.1. The summed E-state index contributed by atoms with van der Waals surface area (Å²) in [7, 11) is -1.05. The van der Waals surface area contributed by atoms with Gasteiger partial charge in [0.25, 0.3) is 0 Å². The van der Waals surface area contributed by atoms with Crippen LogP contribution >= 0.6 is 0 Å². The molecular formula is C6H14N2O2S. The van der Waals surface area contributed by atoms with Crippen molar-refractivity contribution in [3.05, 3.63) is 0 Å². The second kappa shape index (κ2) is 4.46. The molecule has 0 bridgehead atoms. The summed E-state index contributed by atoms with van der Waals surface area (Å²) in [6.07, 6.45) is 0. The molecule has 5 heteroatoms. The van der Waals surface area contributed by atoms with Gasteiger partial charge in [-0.15, -0.1) is 0 Å². The third kappa shape index (κ3) is 4.10. The largest absolute Gasteiger partial charge is 0.368 e. The minimum Gasteiger partial charge on any atom is -0.368 e. The highest BCUT2D eigenvalue weighted by molar-refractivity contribution is 7.85. The van der Waals surface area contributed by atoms with Crippen LogP contribution in [0.4, 0.5) is 0 Å². The standard InChI is InChI=1S/C6H14N2O2S/c1-4(2)11(10)3-5(7)6(8)9/h4-5H,3,7H2,1-2H3,(H2,8,9). The summed E-state index contributed by atoms with van der Waals surface area (Å²) in [6, 6.07) is -0.779. The summed E-state index contributed by atoms with van der Waals surface area (Å²) in [5.41, 5.74) is 10.2. The van der Waals surface area contributed by atoms with Gasteiger partial charge in [-0.3, -0.25) is 9.00 Å². The van der Waals surface area contributed by atoms with E-state index in [0.29, 0.717) is 0 Å². The van der Waals surface area contributed by atoms with Crippen LogP contribution in [0.3, 0.4) is 0 Å². The van der Waals surface area contributed by atoms with E-state index < -0.39 is 22.7 Å². The third-order valence-corrected chi connectivity index (χ3v) is 2.97. The highest BCUT2D eigenvalue weighted by Gasteiger charge is 2.14. The lowest BCUT2D eigenvalue weighted by atomic mass is 10.3. The molecule has 0 aliphatic heterocycles. The molecule has 0 aromatic rings. The monoisotopic (exact) mass is 178 g/mol. The van der Waals surface area contributed by atoms with Crippen molar-refractivity contribution < 1.29 is 9.00 Å². The lowest BCUT2D eigenvalue weighted by Crippen LogP contribution is -2.41. The van der Waals surface area contributed by atoms with Crippen molar-refractivity contribution >= 4 is 16.7 Å². The molecule has 0 aliphatic rings. The van der Waals surface area contributed by atoms with Crippen LogP contribution in [-0.4, -0.2) is 27.2 Å². The van der Waals surface area contributed by atoms with Gasteiger partial charge in [0.1, 0.15) is 0 Å².